The molecule has 0 bridgehead atoms. The molecule has 0 spiro atoms. The largest absolute Gasteiger partial charge is 0.461 e. The van der Waals surface area contributed by atoms with E-state index in [2.05, 4.69) is 10.2 Å². The second-order valence-corrected chi connectivity index (χ2v) is 7.41. The van der Waals surface area contributed by atoms with Crippen molar-refractivity contribution in [1.82, 2.24) is 19.7 Å². The van der Waals surface area contributed by atoms with Crippen molar-refractivity contribution in [3.63, 3.8) is 0 Å². The predicted molar refractivity (Wildman–Crippen MR) is 102 cm³/mol. The SMILES string of the molecule is CCn1c(SCC(=O)OCC(=O)N(C(C)C)C(C)C)nnc1-c1ccco1. The van der Waals surface area contributed by atoms with Crippen LogP contribution in [0, 0.1) is 0 Å². The van der Waals surface area contributed by atoms with Crippen LogP contribution in [-0.4, -0.2) is 56.0 Å². The molecule has 0 radical (unpaired) electrons. The molecular weight excluding hydrogens is 368 g/mol. The molecule has 2 aromatic rings. The molecule has 0 unspecified atom stereocenters. The summed E-state index contributed by atoms with van der Waals surface area (Å²) in [6.07, 6.45) is 1.57. The molecule has 0 saturated heterocycles. The lowest BCUT2D eigenvalue weighted by Gasteiger charge is -2.30. The van der Waals surface area contributed by atoms with Gasteiger partial charge in [0.2, 0.25) is 0 Å². The van der Waals surface area contributed by atoms with Crippen LogP contribution in [0.4, 0.5) is 0 Å². The van der Waals surface area contributed by atoms with Gasteiger partial charge in [0.1, 0.15) is 0 Å². The van der Waals surface area contributed by atoms with E-state index in [1.807, 2.05) is 39.2 Å². The highest BCUT2D eigenvalue weighted by Gasteiger charge is 2.22. The van der Waals surface area contributed by atoms with Crippen LogP contribution < -0.4 is 0 Å². The van der Waals surface area contributed by atoms with Gasteiger partial charge in [0.05, 0.1) is 12.0 Å². The van der Waals surface area contributed by atoms with E-state index in [1.165, 1.54) is 11.8 Å². The fourth-order valence-corrected chi connectivity index (χ4v) is 3.62. The number of carbonyl (C=O) groups excluding carboxylic acids is 2. The number of nitrogens with zero attached hydrogens (tertiary/aromatic N) is 4. The summed E-state index contributed by atoms with van der Waals surface area (Å²) in [5.74, 6) is 0.610. The molecule has 8 nitrogen and oxygen atoms in total. The number of carbonyl (C=O) groups is 2. The maximum Gasteiger partial charge on any atom is 0.316 e. The molecule has 0 atom stereocenters. The molecular formula is C18H26N4O4S. The maximum atomic E-state index is 12.2. The summed E-state index contributed by atoms with van der Waals surface area (Å²) < 4.78 is 12.4. The van der Waals surface area contributed by atoms with Crippen LogP contribution in [0.1, 0.15) is 34.6 Å². The van der Waals surface area contributed by atoms with Gasteiger partial charge in [-0.15, -0.1) is 10.2 Å². The van der Waals surface area contributed by atoms with Crippen LogP contribution in [0.15, 0.2) is 28.0 Å². The third kappa shape index (κ3) is 5.35. The van der Waals surface area contributed by atoms with Crippen LogP contribution >= 0.6 is 11.8 Å². The zero-order chi connectivity index (χ0) is 20.0. The van der Waals surface area contributed by atoms with E-state index in [4.69, 9.17) is 9.15 Å². The van der Waals surface area contributed by atoms with Crippen molar-refractivity contribution in [2.75, 3.05) is 12.4 Å². The van der Waals surface area contributed by atoms with Gasteiger partial charge in [0.15, 0.2) is 23.3 Å². The number of aromatic nitrogens is 3. The van der Waals surface area contributed by atoms with Gasteiger partial charge in [-0.05, 0) is 46.8 Å². The van der Waals surface area contributed by atoms with Gasteiger partial charge in [-0.1, -0.05) is 11.8 Å². The normalized spacial score (nSPS) is 11.2. The molecule has 2 heterocycles. The quantitative estimate of drug-likeness (QED) is 0.477. The zero-order valence-electron chi connectivity index (χ0n) is 16.3. The van der Waals surface area contributed by atoms with Gasteiger partial charge in [0, 0.05) is 18.6 Å². The highest BCUT2D eigenvalue weighted by molar-refractivity contribution is 7.99. The molecule has 9 heteroatoms. The Bertz CT molecular complexity index is 748. The molecule has 27 heavy (non-hydrogen) atoms. The standard InChI is InChI=1S/C18H26N4O4S/c1-6-21-17(14-8-7-9-25-14)19-20-18(21)27-11-16(24)26-10-15(23)22(12(2)3)13(4)5/h7-9,12-13H,6,10-11H2,1-5H3. The number of furan rings is 1. The monoisotopic (exact) mass is 394 g/mol. The Morgan fingerprint density at radius 3 is 2.52 bits per heavy atom. The van der Waals surface area contributed by atoms with Crippen molar-refractivity contribution in [2.24, 2.45) is 0 Å². The summed E-state index contributed by atoms with van der Waals surface area (Å²) in [5.41, 5.74) is 0. The molecule has 0 aliphatic heterocycles. The highest BCUT2D eigenvalue weighted by Crippen LogP contribution is 2.24. The minimum absolute atomic E-state index is 0.0485. The Kier molecular flexibility index (Phi) is 7.46. The number of rotatable bonds is 9. The summed E-state index contributed by atoms with van der Waals surface area (Å²) in [7, 11) is 0. The van der Waals surface area contributed by atoms with Crippen molar-refractivity contribution in [1.29, 1.82) is 0 Å². The number of esters is 1. The third-order valence-corrected chi connectivity index (χ3v) is 4.79. The Balaban J connectivity index is 1.90. The molecule has 2 rings (SSSR count). The summed E-state index contributed by atoms with van der Waals surface area (Å²) in [6, 6.07) is 3.69. The van der Waals surface area contributed by atoms with Gasteiger partial charge < -0.3 is 14.1 Å². The first-order valence-electron chi connectivity index (χ1n) is 8.91. The van der Waals surface area contributed by atoms with Crippen LogP contribution in [0.3, 0.4) is 0 Å². The lowest BCUT2D eigenvalue weighted by Crippen LogP contribution is -2.44. The first-order valence-corrected chi connectivity index (χ1v) is 9.90. The van der Waals surface area contributed by atoms with E-state index >= 15 is 0 Å². The van der Waals surface area contributed by atoms with Crippen molar-refractivity contribution < 1.29 is 18.7 Å². The zero-order valence-corrected chi connectivity index (χ0v) is 17.2. The molecule has 0 aliphatic rings. The third-order valence-electron chi connectivity index (χ3n) is 3.85. The summed E-state index contributed by atoms with van der Waals surface area (Å²) in [5, 5.41) is 8.84. The molecule has 2 aromatic heterocycles. The Hall–Kier alpha value is -2.29. The van der Waals surface area contributed by atoms with Gasteiger partial charge >= 0.3 is 5.97 Å². The number of hydrogen-bond donors (Lipinski definition) is 0. The van der Waals surface area contributed by atoms with Crippen LogP contribution in [-0.2, 0) is 20.9 Å². The lowest BCUT2D eigenvalue weighted by atomic mass is 10.2. The van der Waals surface area contributed by atoms with E-state index in [0.717, 1.165) is 0 Å². The topological polar surface area (TPSA) is 90.5 Å². The van der Waals surface area contributed by atoms with Crippen molar-refractivity contribution >= 4 is 23.6 Å². The summed E-state index contributed by atoms with van der Waals surface area (Å²) >= 11 is 1.22. The molecule has 0 saturated carbocycles. The lowest BCUT2D eigenvalue weighted by molar-refractivity contribution is -0.151. The minimum atomic E-state index is -0.467. The van der Waals surface area contributed by atoms with E-state index < -0.39 is 5.97 Å². The molecule has 0 aliphatic carbocycles. The second-order valence-electron chi connectivity index (χ2n) is 6.47. The Morgan fingerprint density at radius 1 is 1.26 bits per heavy atom. The van der Waals surface area contributed by atoms with Crippen LogP contribution in [0.5, 0.6) is 0 Å². The van der Waals surface area contributed by atoms with Crippen molar-refractivity contribution in [3.8, 4) is 11.6 Å². The Labute approximate surface area is 163 Å². The van der Waals surface area contributed by atoms with E-state index in [-0.39, 0.29) is 30.4 Å². The number of ether oxygens (including phenoxy) is 1. The average molecular weight is 394 g/mol. The molecule has 0 fully saturated rings. The number of thioether (sulfide) groups is 1. The molecule has 1 amide bonds. The number of amides is 1. The van der Waals surface area contributed by atoms with Gasteiger partial charge in [-0.25, -0.2) is 0 Å². The Morgan fingerprint density at radius 2 is 1.96 bits per heavy atom. The van der Waals surface area contributed by atoms with Crippen molar-refractivity contribution in [2.45, 2.75) is 58.4 Å². The highest BCUT2D eigenvalue weighted by atomic mass is 32.2. The number of hydrogen-bond acceptors (Lipinski definition) is 7. The minimum Gasteiger partial charge on any atom is -0.461 e. The summed E-state index contributed by atoms with van der Waals surface area (Å²) in [6.45, 7) is 10.1. The summed E-state index contributed by atoms with van der Waals surface area (Å²) in [4.78, 5) is 26.0. The van der Waals surface area contributed by atoms with Crippen LogP contribution in [0.2, 0.25) is 0 Å². The predicted octanol–water partition coefficient (Wildman–Crippen LogP) is 2.84. The fraction of sp³-hybridized carbons (Fsp3) is 0.556. The van der Waals surface area contributed by atoms with E-state index in [1.54, 1.807) is 23.3 Å². The van der Waals surface area contributed by atoms with E-state index in [9.17, 15) is 9.59 Å². The van der Waals surface area contributed by atoms with E-state index in [0.29, 0.717) is 23.3 Å². The molecule has 0 N–H and O–H groups in total. The van der Waals surface area contributed by atoms with Gasteiger partial charge in [0.25, 0.3) is 5.91 Å². The first-order chi connectivity index (χ1) is 12.8. The van der Waals surface area contributed by atoms with Gasteiger partial charge in [-0.2, -0.15) is 0 Å². The first kappa shape index (κ1) is 21.0. The maximum absolute atomic E-state index is 12.2. The van der Waals surface area contributed by atoms with Crippen LogP contribution in [0.25, 0.3) is 11.6 Å². The molecule has 148 valence electrons. The smallest absolute Gasteiger partial charge is 0.316 e. The second kappa shape index (κ2) is 9.59. The fourth-order valence-electron chi connectivity index (χ4n) is 2.82. The van der Waals surface area contributed by atoms with Gasteiger partial charge in [-0.3, -0.25) is 14.2 Å². The molecule has 0 aromatic carbocycles. The van der Waals surface area contributed by atoms with Crippen molar-refractivity contribution in [3.05, 3.63) is 18.4 Å². The average Bonchev–Trinajstić information content (AvgIpc) is 3.26.